The molecule has 0 saturated heterocycles. The molecule has 4 rings (SSSR count). The first-order chi connectivity index (χ1) is 18.1. The second-order valence-electron chi connectivity index (χ2n) is 10.3. The van der Waals surface area contributed by atoms with Gasteiger partial charge in [0.1, 0.15) is 11.6 Å². The Kier molecular flexibility index (Phi) is 10.0. The number of imidazole rings is 2. The van der Waals surface area contributed by atoms with Gasteiger partial charge in [-0.1, -0.05) is 32.0 Å². The zero-order valence-electron chi connectivity index (χ0n) is 22.8. The van der Waals surface area contributed by atoms with Crippen LogP contribution >= 0.6 is 0 Å². The van der Waals surface area contributed by atoms with E-state index in [1.807, 2.05) is 31.7 Å². The topological polar surface area (TPSA) is 73.3 Å². The zero-order valence-corrected chi connectivity index (χ0v) is 22.8. The second-order valence-corrected chi connectivity index (χ2v) is 10.3. The number of hydrogen-bond acceptors (Lipinski definition) is 6. The van der Waals surface area contributed by atoms with Crippen molar-refractivity contribution in [2.24, 2.45) is 7.05 Å². The van der Waals surface area contributed by atoms with Crippen molar-refractivity contribution < 1.29 is 4.79 Å². The molecule has 8 heteroatoms. The maximum absolute atomic E-state index is 12.9. The van der Waals surface area contributed by atoms with Gasteiger partial charge in [-0.15, -0.1) is 0 Å². The zero-order chi connectivity index (χ0) is 26.0. The Bertz CT molecular complexity index is 1100. The van der Waals surface area contributed by atoms with Crippen LogP contribution in [0.4, 0.5) is 0 Å². The van der Waals surface area contributed by atoms with E-state index in [0.29, 0.717) is 13.1 Å². The van der Waals surface area contributed by atoms with E-state index in [0.717, 1.165) is 61.9 Å². The van der Waals surface area contributed by atoms with E-state index < -0.39 is 0 Å². The summed E-state index contributed by atoms with van der Waals surface area (Å²) in [5.41, 5.74) is 3.25. The number of benzene rings is 1. The molecular weight excluding hydrogens is 462 g/mol. The van der Waals surface area contributed by atoms with Crippen LogP contribution in [0.25, 0.3) is 0 Å². The summed E-state index contributed by atoms with van der Waals surface area (Å²) in [6, 6.07) is 6.37. The van der Waals surface area contributed by atoms with Crippen LogP contribution in [0.3, 0.4) is 0 Å². The van der Waals surface area contributed by atoms with Gasteiger partial charge in [-0.25, -0.2) is 9.97 Å². The lowest BCUT2D eigenvalue weighted by molar-refractivity contribution is 0.0898. The molecule has 0 aliphatic carbocycles. The fraction of sp³-hybridized carbons (Fsp3) is 0.552. The van der Waals surface area contributed by atoms with Crippen LogP contribution in [0.15, 0.2) is 43.0 Å². The van der Waals surface area contributed by atoms with E-state index in [4.69, 9.17) is 0 Å². The molecule has 0 atom stereocenters. The number of ketones is 1. The minimum absolute atomic E-state index is 0.242. The molecule has 1 aliphatic rings. The number of Topliss-reactive ketones (excluding diaryl/α,β-unsaturated/α-hetero) is 1. The predicted octanol–water partition coefficient (Wildman–Crippen LogP) is 4.25. The average Bonchev–Trinajstić information content (AvgIpc) is 3.53. The molecule has 1 aliphatic heterocycles. The lowest BCUT2D eigenvalue weighted by atomic mass is 9.96. The highest BCUT2D eigenvalue weighted by Crippen LogP contribution is 2.22. The molecule has 3 heterocycles. The molecule has 8 nitrogen and oxygen atoms in total. The van der Waals surface area contributed by atoms with Gasteiger partial charge in [-0.3, -0.25) is 14.6 Å². The maximum atomic E-state index is 12.9. The summed E-state index contributed by atoms with van der Waals surface area (Å²) in [7, 11) is 2.03. The van der Waals surface area contributed by atoms with Gasteiger partial charge >= 0.3 is 0 Å². The van der Waals surface area contributed by atoms with Gasteiger partial charge in [0.25, 0.3) is 0 Å². The minimum Gasteiger partial charge on any atom is -0.348 e. The third-order valence-electron chi connectivity index (χ3n) is 7.13. The van der Waals surface area contributed by atoms with Crippen molar-refractivity contribution in [1.29, 1.82) is 0 Å². The van der Waals surface area contributed by atoms with Gasteiger partial charge in [0.05, 0.1) is 19.6 Å². The molecule has 200 valence electrons. The predicted molar refractivity (Wildman–Crippen MR) is 147 cm³/mol. The van der Waals surface area contributed by atoms with Crippen molar-refractivity contribution >= 4 is 5.78 Å². The van der Waals surface area contributed by atoms with Crippen LogP contribution in [0.5, 0.6) is 0 Å². The van der Waals surface area contributed by atoms with Gasteiger partial charge in [0, 0.05) is 50.5 Å². The van der Waals surface area contributed by atoms with Gasteiger partial charge in [0.2, 0.25) is 0 Å². The smallest absolute Gasteiger partial charge is 0.177 e. The van der Waals surface area contributed by atoms with Crippen molar-refractivity contribution in [3.8, 4) is 0 Å². The van der Waals surface area contributed by atoms with Crippen LogP contribution in [0.2, 0.25) is 0 Å². The van der Waals surface area contributed by atoms with E-state index in [1.54, 1.807) is 6.20 Å². The largest absolute Gasteiger partial charge is 0.348 e. The summed E-state index contributed by atoms with van der Waals surface area (Å²) in [5, 5.41) is 0. The normalized spacial score (nSPS) is 14.1. The summed E-state index contributed by atoms with van der Waals surface area (Å²) in [4.78, 5) is 32.3. The first-order valence-corrected chi connectivity index (χ1v) is 13.8. The van der Waals surface area contributed by atoms with Crippen molar-refractivity contribution in [1.82, 2.24) is 34.2 Å². The van der Waals surface area contributed by atoms with Gasteiger partial charge in [0.15, 0.2) is 5.78 Å². The lowest BCUT2D eigenvalue weighted by Crippen LogP contribution is -2.36. The van der Waals surface area contributed by atoms with Crippen molar-refractivity contribution in [2.45, 2.75) is 65.7 Å². The van der Waals surface area contributed by atoms with Crippen LogP contribution < -0.4 is 0 Å². The first-order valence-electron chi connectivity index (χ1n) is 13.8. The molecule has 3 aromatic rings. The Morgan fingerprint density at radius 2 is 1.78 bits per heavy atom. The fourth-order valence-electron chi connectivity index (χ4n) is 5.30. The minimum atomic E-state index is 0.242. The summed E-state index contributed by atoms with van der Waals surface area (Å²) in [5.74, 6) is 2.19. The van der Waals surface area contributed by atoms with Crippen LogP contribution in [0.1, 0.15) is 72.7 Å². The third-order valence-corrected chi connectivity index (χ3v) is 7.13. The Morgan fingerprint density at radius 3 is 2.49 bits per heavy atom. The van der Waals surface area contributed by atoms with E-state index >= 15 is 0 Å². The van der Waals surface area contributed by atoms with Crippen LogP contribution in [0, 0.1) is 0 Å². The highest BCUT2D eigenvalue weighted by atomic mass is 16.1. The standard InChI is InChI=1S/C29H43N7O/c1-4-13-34(14-5-2)15-6-7-16-35-20-25-18-24(8-9-26(25)27(37)21-35)19-36(22-28-30-10-11-31-28)23-29-32-12-17-33(29)3/h8-12,17-18H,4-7,13-16,19-23H2,1-3H3,(H,30,31). The Balaban J connectivity index is 1.37. The molecule has 2 aromatic heterocycles. The number of H-pyrrole nitrogens is 1. The Labute approximate surface area is 221 Å². The maximum Gasteiger partial charge on any atom is 0.177 e. The monoisotopic (exact) mass is 505 g/mol. The quantitative estimate of drug-likeness (QED) is 0.312. The number of hydrogen-bond donors (Lipinski definition) is 1. The number of aryl methyl sites for hydroxylation is 1. The number of fused-ring (bicyclic) bond motifs is 1. The van der Waals surface area contributed by atoms with Gasteiger partial charge in [-0.05, 0) is 63.0 Å². The molecule has 0 unspecified atom stereocenters. The molecule has 37 heavy (non-hydrogen) atoms. The van der Waals surface area contributed by atoms with Crippen molar-refractivity contribution in [2.75, 3.05) is 32.7 Å². The van der Waals surface area contributed by atoms with Crippen molar-refractivity contribution in [3.63, 3.8) is 0 Å². The molecule has 0 saturated carbocycles. The van der Waals surface area contributed by atoms with E-state index in [9.17, 15) is 4.79 Å². The molecule has 0 radical (unpaired) electrons. The van der Waals surface area contributed by atoms with Crippen LogP contribution in [-0.2, 0) is 33.2 Å². The first kappa shape index (κ1) is 27.2. The number of carbonyl (C=O) groups is 1. The number of carbonyl (C=O) groups excluding carboxylic acids is 1. The average molecular weight is 506 g/mol. The number of aromatic amines is 1. The number of rotatable bonds is 15. The highest BCUT2D eigenvalue weighted by molar-refractivity contribution is 5.99. The molecule has 0 fully saturated rings. The molecular formula is C29H43N7O. The van der Waals surface area contributed by atoms with Crippen LogP contribution in [-0.4, -0.2) is 72.7 Å². The fourth-order valence-corrected chi connectivity index (χ4v) is 5.30. The summed E-state index contributed by atoms with van der Waals surface area (Å²) in [6.45, 7) is 12.6. The number of unbranched alkanes of at least 4 members (excludes halogenated alkanes) is 1. The number of nitrogens with one attached hydrogen (secondary N) is 1. The molecule has 0 amide bonds. The summed E-state index contributed by atoms with van der Waals surface area (Å²) < 4.78 is 2.06. The van der Waals surface area contributed by atoms with Crippen molar-refractivity contribution in [3.05, 3.63) is 71.3 Å². The van der Waals surface area contributed by atoms with E-state index in [1.165, 1.54) is 37.9 Å². The highest BCUT2D eigenvalue weighted by Gasteiger charge is 2.23. The second kappa shape index (κ2) is 13.7. The van der Waals surface area contributed by atoms with Gasteiger partial charge < -0.3 is 14.5 Å². The van der Waals surface area contributed by atoms with E-state index in [2.05, 4.69) is 60.2 Å². The third kappa shape index (κ3) is 7.84. The number of nitrogens with zero attached hydrogens (tertiary/aromatic N) is 6. The van der Waals surface area contributed by atoms with E-state index in [-0.39, 0.29) is 5.78 Å². The number of aromatic nitrogens is 4. The Hall–Kier alpha value is -2.81. The van der Waals surface area contributed by atoms with Gasteiger partial charge in [-0.2, -0.15) is 0 Å². The summed E-state index contributed by atoms with van der Waals surface area (Å²) in [6.07, 6.45) is 12.2. The SMILES string of the molecule is CCCN(CCC)CCCCN1CC(=O)c2ccc(CN(Cc3ncc[nH]3)Cc3nccn3C)cc2C1. The lowest BCUT2D eigenvalue weighted by Gasteiger charge is -2.29. The summed E-state index contributed by atoms with van der Waals surface area (Å²) >= 11 is 0. The molecule has 1 aromatic carbocycles. The molecule has 1 N–H and O–H groups in total. The Morgan fingerprint density at radius 1 is 0.946 bits per heavy atom. The molecule has 0 spiro atoms. The molecule has 0 bridgehead atoms.